The van der Waals surface area contributed by atoms with E-state index in [1.165, 1.54) is 31.4 Å². The number of hydrogen-bond donors (Lipinski definition) is 1. The monoisotopic (exact) mass is 215 g/mol. The zero-order valence-corrected chi connectivity index (χ0v) is 9.81. The van der Waals surface area contributed by atoms with E-state index in [1.807, 2.05) is 11.8 Å². The van der Waals surface area contributed by atoms with Crippen LogP contribution in [-0.4, -0.2) is 31.3 Å². The molecule has 2 rings (SSSR count). The third kappa shape index (κ3) is 1.95. The third-order valence-corrected chi connectivity index (χ3v) is 4.37. The lowest BCUT2D eigenvalue weighted by Crippen LogP contribution is -2.40. The van der Waals surface area contributed by atoms with Crippen molar-refractivity contribution < 1.29 is 4.74 Å². The second-order valence-electron chi connectivity index (χ2n) is 4.69. The van der Waals surface area contributed by atoms with Gasteiger partial charge in [0.05, 0.1) is 6.10 Å². The molecule has 0 bridgehead atoms. The number of hydrogen-bond acceptors (Lipinski definition) is 3. The van der Waals surface area contributed by atoms with Crippen LogP contribution in [0, 0.1) is 11.3 Å². The lowest BCUT2D eigenvalue weighted by molar-refractivity contribution is 0.0332. The van der Waals surface area contributed by atoms with Crippen LogP contribution < -0.4 is 5.73 Å². The van der Waals surface area contributed by atoms with Gasteiger partial charge in [-0.1, -0.05) is 0 Å². The number of ether oxygens (including phenoxy) is 1. The molecule has 0 aromatic carbocycles. The molecule has 2 nitrogen and oxygen atoms in total. The van der Waals surface area contributed by atoms with Crippen LogP contribution >= 0.6 is 11.8 Å². The lowest BCUT2D eigenvalue weighted by atomic mass is 9.76. The van der Waals surface area contributed by atoms with Gasteiger partial charge >= 0.3 is 0 Å². The molecule has 2 atom stereocenters. The van der Waals surface area contributed by atoms with Crippen LogP contribution in [0.3, 0.4) is 0 Å². The van der Waals surface area contributed by atoms with Gasteiger partial charge in [0.2, 0.25) is 0 Å². The van der Waals surface area contributed by atoms with E-state index in [-0.39, 0.29) is 0 Å². The highest BCUT2D eigenvalue weighted by molar-refractivity contribution is 7.98. The first-order chi connectivity index (χ1) is 6.82. The first-order valence-corrected chi connectivity index (χ1v) is 7.02. The summed E-state index contributed by atoms with van der Waals surface area (Å²) in [6.07, 6.45) is 7.82. The number of rotatable bonds is 5. The van der Waals surface area contributed by atoms with Crippen LogP contribution in [0.5, 0.6) is 0 Å². The predicted octanol–water partition coefficient (Wildman–Crippen LogP) is 1.88. The molecule has 82 valence electrons. The van der Waals surface area contributed by atoms with Crippen LogP contribution in [0.15, 0.2) is 0 Å². The summed E-state index contributed by atoms with van der Waals surface area (Å²) in [5.74, 6) is 2.06. The fourth-order valence-corrected chi connectivity index (χ4v) is 3.25. The Morgan fingerprint density at radius 2 is 2.29 bits per heavy atom. The molecule has 3 heteroatoms. The smallest absolute Gasteiger partial charge is 0.0672 e. The van der Waals surface area contributed by atoms with Gasteiger partial charge < -0.3 is 10.5 Å². The summed E-state index contributed by atoms with van der Waals surface area (Å²) < 4.78 is 5.89. The van der Waals surface area contributed by atoms with E-state index in [4.69, 9.17) is 10.5 Å². The van der Waals surface area contributed by atoms with E-state index >= 15 is 0 Å². The molecular weight excluding hydrogens is 194 g/mol. The molecular formula is C11H21NOS. The minimum Gasteiger partial charge on any atom is -0.377 e. The van der Waals surface area contributed by atoms with Gasteiger partial charge in [-0.05, 0) is 43.6 Å². The van der Waals surface area contributed by atoms with E-state index in [9.17, 15) is 0 Å². The van der Waals surface area contributed by atoms with Crippen molar-refractivity contribution in [3.8, 4) is 0 Å². The average Bonchev–Trinajstić information content (AvgIpc) is 2.97. The molecule has 1 aliphatic heterocycles. The number of thioether (sulfide) groups is 1. The van der Waals surface area contributed by atoms with Gasteiger partial charge in [0.15, 0.2) is 0 Å². The van der Waals surface area contributed by atoms with E-state index in [2.05, 4.69) is 6.26 Å². The Hall–Kier alpha value is 0.270. The maximum Gasteiger partial charge on any atom is 0.0672 e. The number of nitrogens with two attached hydrogens (primary N) is 1. The summed E-state index contributed by atoms with van der Waals surface area (Å²) in [6, 6.07) is 0. The summed E-state index contributed by atoms with van der Waals surface area (Å²) in [4.78, 5) is 0. The second kappa shape index (κ2) is 4.42. The molecule has 0 radical (unpaired) electrons. The quantitative estimate of drug-likeness (QED) is 0.760. The van der Waals surface area contributed by atoms with Gasteiger partial charge in [-0.25, -0.2) is 0 Å². The Balaban J connectivity index is 1.99. The minimum atomic E-state index is 0.324. The minimum absolute atomic E-state index is 0.324. The van der Waals surface area contributed by atoms with Crippen LogP contribution in [0.25, 0.3) is 0 Å². The summed E-state index contributed by atoms with van der Waals surface area (Å²) in [6.45, 7) is 1.75. The Labute approximate surface area is 91.0 Å². The fourth-order valence-electron chi connectivity index (χ4n) is 2.64. The van der Waals surface area contributed by atoms with E-state index in [0.717, 1.165) is 19.1 Å². The molecule has 1 saturated carbocycles. The topological polar surface area (TPSA) is 35.2 Å². The summed E-state index contributed by atoms with van der Waals surface area (Å²) in [7, 11) is 0. The molecule has 2 unspecified atom stereocenters. The predicted molar refractivity (Wildman–Crippen MR) is 61.6 cm³/mol. The van der Waals surface area contributed by atoms with Crippen molar-refractivity contribution in [2.75, 3.05) is 25.2 Å². The Bertz CT molecular complexity index is 196. The van der Waals surface area contributed by atoms with Crippen molar-refractivity contribution in [1.82, 2.24) is 0 Å². The van der Waals surface area contributed by atoms with Crippen LogP contribution in [0.1, 0.15) is 25.7 Å². The van der Waals surface area contributed by atoms with E-state index < -0.39 is 0 Å². The molecule has 2 fully saturated rings. The standard InChI is InChI=1S/C11H21NOS/c1-14-7-5-11(8-12)4-6-13-10(11)9-2-3-9/h9-10H,2-8,12H2,1H3. The Kier molecular flexibility index (Phi) is 3.40. The second-order valence-corrected chi connectivity index (χ2v) is 5.67. The molecule has 0 aromatic rings. The molecule has 0 aromatic heterocycles. The average molecular weight is 215 g/mol. The summed E-state index contributed by atoms with van der Waals surface area (Å²) >= 11 is 1.93. The summed E-state index contributed by atoms with van der Waals surface area (Å²) in [5.41, 5.74) is 6.30. The van der Waals surface area contributed by atoms with Gasteiger partial charge in [0, 0.05) is 18.6 Å². The van der Waals surface area contributed by atoms with Gasteiger partial charge in [-0.15, -0.1) is 0 Å². The molecule has 1 saturated heterocycles. The zero-order chi connectivity index (χ0) is 10.0. The van der Waals surface area contributed by atoms with Crippen molar-refractivity contribution in [2.24, 2.45) is 17.1 Å². The SMILES string of the molecule is CSCCC1(CN)CCOC1C1CC1. The highest BCUT2D eigenvalue weighted by Crippen LogP contribution is 2.49. The highest BCUT2D eigenvalue weighted by atomic mass is 32.2. The fraction of sp³-hybridized carbons (Fsp3) is 1.00. The Morgan fingerprint density at radius 1 is 1.50 bits per heavy atom. The van der Waals surface area contributed by atoms with Crippen molar-refractivity contribution in [2.45, 2.75) is 31.8 Å². The first-order valence-electron chi connectivity index (χ1n) is 5.63. The van der Waals surface area contributed by atoms with Gasteiger partial charge in [0.1, 0.15) is 0 Å². The van der Waals surface area contributed by atoms with Crippen molar-refractivity contribution in [3.05, 3.63) is 0 Å². The van der Waals surface area contributed by atoms with Crippen LogP contribution in [0.4, 0.5) is 0 Å². The van der Waals surface area contributed by atoms with Crippen LogP contribution in [0.2, 0.25) is 0 Å². The Morgan fingerprint density at radius 3 is 2.86 bits per heavy atom. The van der Waals surface area contributed by atoms with Gasteiger partial charge in [-0.2, -0.15) is 11.8 Å². The van der Waals surface area contributed by atoms with Gasteiger partial charge in [-0.3, -0.25) is 0 Å². The third-order valence-electron chi connectivity index (χ3n) is 3.76. The first kappa shape index (κ1) is 10.8. The molecule has 0 spiro atoms. The molecule has 2 N–H and O–H groups in total. The maximum absolute atomic E-state index is 5.98. The molecule has 14 heavy (non-hydrogen) atoms. The largest absolute Gasteiger partial charge is 0.377 e. The molecule has 2 aliphatic rings. The summed E-state index contributed by atoms with van der Waals surface area (Å²) in [5, 5.41) is 0. The zero-order valence-electron chi connectivity index (χ0n) is 9.00. The van der Waals surface area contributed by atoms with Gasteiger partial charge in [0.25, 0.3) is 0 Å². The maximum atomic E-state index is 5.98. The lowest BCUT2D eigenvalue weighted by Gasteiger charge is -2.32. The molecule has 0 amide bonds. The van der Waals surface area contributed by atoms with Crippen LogP contribution in [-0.2, 0) is 4.74 Å². The normalized spacial score (nSPS) is 37.7. The van der Waals surface area contributed by atoms with E-state index in [0.29, 0.717) is 11.5 Å². The van der Waals surface area contributed by atoms with Crippen molar-refractivity contribution >= 4 is 11.8 Å². The highest BCUT2D eigenvalue weighted by Gasteiger charge is 2.49. The molecule has 1 heterocycles. The van der Waals surface area contributed by atoms with E-state index in [1.54, 1.807) is 0 Å². The van der Waals surface area contributed by atoms with Crippen molar-refractivity contribution in [1.29, 1.82) is 0 Å². The van der Waals surface area contributed by atoms with Crippen molar-refractivity contribution in [3.63, 3.8) is 0 Å². The molecule has 1 aliphatic carbocycles.